The van der Waals surface area contributed by atoms with Crippen molar-refractivity contribution in [2.24, 2.45) is 0 Å². The van der Waals surface area contributed by atoms with Crippen molar-refractivity contribution in [2.45, 2.75) is 45.2 Å². The van der Waals surface area contributed by atoms with Crippen LogP contribution in [0.3, 0.4) is 0 Å². The van der Waals surface area contributed by atoms with Crippen molar-refractivity contribution in [3.8, 4) is 0 Å². The van der Waals surface area contributed by atoms with Crippen molar-refractivity contribution in [3.63, 3.8) is 0 Å². The highest BCUT2D eigenvalue weighted by molar-refractivity contribution is 6.87. The minimum Gasteiger partial charge on any atom is -0.327 e. The van der Waals surface area contributed by atoms with Crippen LogP contribution in [0.1, 0.15) is 33.1 Å². The number of hydrogen-bond acceptors (Lipinski definition) is 1. The van der Waals surface area contributed by atoms with Gasteiger partial charge in [0.1, 0.15) is 0 Å². The van der Waals surface area contributed by atoms with Crippen LogP contribution in [0.25, 0.3) is 0 Å². The quantitative estimate of drug-likeness (QED) is 0.489. The smallest absolute Gasteiger partial charge is 0.0762 e. The van der Waals surface area contributed by atoms with Crippen LogP contribution in [0.4, 0.5) is 0 Å². The Morgan fingerprint density at radius 2 is 1.80 bits per heavy atom. The second kappa shape index (κ2) is 3.69. The Labute approximate surface area is 69.3 Å². The summed E-state index contributed by atoms with van der Waals surface area (Å²) >= 11 is 0. The summed E-state index contributed by atoms with van der Waals surface area (Å²) in [6, 6.07) is 1.85. The number of hydrogen-bond donors (Lipinski definition) is 0. The van der Waals surface area contributed by atoms with E-state index in [1.807, 2.05) is 0 Å². The summed E-state index contributed by atoms with van der Waals surface area (Å²) in [6.07, 6.45) is 4.38. The summed E-state index contributed by atoms with van der Waals surface area (Å²) < 4.78 is 2.80. The molecule has 0 aromatic carbocycles. The standard InChI is InChI=1S/C7H19NSi2/c1-6-4-3-5-7(2)8(6)10-9/h6-7H,3-5,10H2,1-2,9H3. The predicted molar refractivity (Wildman–Crippen MR) is 53.1 cm³/mol. The fourth-order valence-electron chi connectivity index (χ4n) is 2.10. The van der Waals surface area contributed by atoms with Gasteiger partial charge in [-0.25, -0.2) is 0 Å². The molecule has 0 saturated carbocycles. The Balaban J connectivity index is 2.45. The molecule has 3 heteroatoms. The fourth-order valence-corrected chi connectivity index (χ4v) is 7.45. The van der Waals surface area contributed by atoms with Crippen molar-refractivity contribution >= 4 is 19.0 Å². The first kappa shape index (κ1) is 8.49. The second-order valence-corrected chi connectivity index (χ2v) is 6.72. The van der Waals surface area contributed by atoms with Gasteiger partial charge in [0, 0.05) is 9.76 Å². The van der Waals surface area contributed by atoms with Crippen molar-refractivity contribution in [1.82, 2.24) is 4.57 Å². The summed E-state index contributed by atoms with van der Waals surface area (Å²) in [5.41, 5.74) is 0. The maximum atomic E-state index is 2.80. The van der Waals surface area contributed by atoms with Crippen LogP contribution in [0.5, 0.6) is 0 Å². The second-order valence-electron chi connectivity index (χ2n) is 3.46. The van der Waals surface area contributed by atoms with Crippen molar-refractivity contribution in [2.75, 3.05) is 0 Å². The number of nitrogens with zero attached hydrogens (tertiary/aromatic N) is 1. The molecule has 0 aliphatic carbocycles. The summed E-state index contributed by atoms with van der Waals surface area (Å²) in [4.78, 5) is 0. The molecule has 10 heavy (non-hydrogen) atoms. The molecule has 0 aromatic rings. The maximum Gasteiger partial charge on any atom is 0.0762 e. The van der Waals surface area contributed by atoms with E-state index < -0.39 is 0 Å². The van der Waals surface area contributed by atoms with Crippen LogP contribution in [0, 0.1) is 0 Å². The van der Waals surface area contributed by atoms with E-state index in [4.69, 9.17) is 0 Å². The lowest BCUT2D eigenvalue weighted by Gasteiger charge is -2.38. The molecule has 0 bridgehead atoms. The molecule has 0 amide bonds. The van der Waals surface area contributed by atoms with Gasteiger partial charge in [0.05, 0.1) is 9.20 Å². The van der Waals surface area contributed by atoms with Gasteiger partial charge in [0.25, 0.3) is 0 Å². The van der Waals surface area contributed by atoms with E-state index in [-0.39, 0.29) is 9.20 Å². The molecule has 0 N–H and O–H groups in total. The molecule has 2 unspecified atom stereocenters. The van der Waals surface area contributed by atoms with Gasteiger partial charge in [-0.1, -0.05) is 20.3 Å². The van der Waals surface area contributed by atoms with Gasteiger partial charge >= 0.3 is 0 Å². The third kappa shape index (κ3) is 1.71. The Morgan fingerprint density at radius 1 is 1.30 bits per heavy atom. The van der Waals surface area contributed by atoms with E-state index in [1.54, 1.807) is 0 Å². The molecule has 0 aromatic heterocycles. The molecule has 60 valence electrons. The van der Waals surface area contributed by atoms with Gasteiger partial charge in [0.2, 0.25) is 0 Å². The summed E-state index contributed by atoms with van der Waals surface area (Å²) in [5.74, 6) is 0. The molecular formula is C7H19NSi2. The monoisotopic (exact) mass is 173 g/mol. The Hall–Kier alpha value is 0.394. The predicted octanol–water partition coefficient (Wildman–Crippen LogP) is -0.387. The molecule has 1 saturated heterocycles. The first-order chi connectivity index (χ1) is 4.75. The minimum absolute atomic E-state index is 0.246. The Kier molecular flexibility index (Phi) is 3.13. The average Bonchev–Trinajstić information content (AvgIpc) is 1.88. The first-order valence-corrected chi connectivity index (χ1v) is 10.8. The van der Waals surface area contributed by atoms with E-state index in [0.717, 1.165) is 12.1 Å². The number of piperidine rings is 1. The minimum atomic E-state index is 0.246. The zero-order valence-electron chi connectivity index (χ0n) is 7.43. The van der Waals surface area contributed by atoms with Crippen LogP contribution in [0.15, 0.2) is 0 Å². The summed E-state index contributed by atoms with van der Waals surface area (Å²) in [5, 5.41) is 0. The maximum absolute atomic E-state index is 2.80. The fraction of sp³-hybridized carbons (Fsp3) is 1.00. The van der Waals surface area contributed by atoms with E-state index in [9.17, 15) is 0 Å². The molecule has 1 rings (SSSR count). The lowest BCUT2D eigenvalue weighted by atomic mass is 10.0. The molecule has 2 atom stereocenters. The highest BCUT2D eigenvalue weighted by atomic mass is 29.1. The van der Waals surface area contributed by atoms with Crippen molar-refractivity contribution in [1.29, 1.82) is 0 Å². The third-order valence-electron chi connectivity index (χ3n) is 2.74. The molecule has 1 heterocycles. The molecule has 1 fully saturated rings. The van der Waals surface area contributed by atoms with Gasteiger partial charge in [-0.2, -0.15) is 0 Å². The zero-order valence-corrected chi connectivity index (χ0v) is 10.8. The van der Waals surface area contributed by atoms with Gasteiger partial charge in [0.15, 0.2) is 0 Å². The number of rotatable bonds is 1. The van der Waals surface area contributed by atoms with E-state index in [1.165, 1.54) is 29.0 Å². The Morgan fingerprint density at radius 3 is 2.10 bits per heavy atom. The lowest BCUT2D eigenvalue weighted by molar-refractivity contribution is 0.209. The van der Waals surface area contributed by atoms with Crippen LogP contribution in [-0.4, -0.2) is 35.6 Å². The molecule has 0 spiro atoms. The molecule has 1 aliphatic heterocycles. The van der Waals surface area contributed by atoms with Crippen LogP contribution < -0.4 is 0 Å². The lowest BCUT2D eigenvalue weighted by Crippen LogP contribution is -2.46. The van der Waals surface area contributed by atoms with E-state index in [2.05, 4.69) is 18.4 Å². The van der Waals surface area contributed by atoms with E-state index in [0.29, 0.717) is 0 Å². The van der Waals surface area contributed by atoms with Crippen LogP contribution in [-0.2, 0) is 0 Å². The molecule has 1 nitrogen and oxygen atoms in total. The highest BCUT2D eigenvalue weighted by Gasteiger charge is 2.21. The normalized spacial score (nSPS) is 37.8. The zero-order chi connectivity index (χ0) is 7.56. The molecular weight excluding hydrogens is 154 g/mol. The summed E-state index contributed by atoms with van der Waals surface area (Å²) in [6.45, 7) is 4.81. The van der Waals surface area contributed by atoms with Gasteiger partial charge in [-0.3, -0.25) is 0 Å². The highest BCUT2D eigenvalue weighted by Crippen LogP contribution is 2.20. The van der Waals surface area contributed by atoms with Gasteiger partial charge in [-0.15, -0.1) is 0 Å². The SMILES string of the molecule is CC1CCCC(C)N1[SiH2][SiH3]. The van der Waals surface area contributed by atoms with Gasteiger partial charge < -0.3 is 4.57 Å². The van der Waals surface area contributed by atoms with Gasteiger partial charge in [-0.05, 0) is 24.9 Å². The van der Waals surface area contributed by atoms with Crippen molar-refractivity contribution < 1.29 is 0 Å². The average molecular weight is 173 g/mol. The Bertz CT molecular complexity index is 97.8. The first-order valence-electron chi connectivity index (χ1n) is 4.51. The van der Waals surface area contributed by atoms with E-state index >= 15 is 0 Å². The van der Waals surface area contributed by atoms with Crippen LogP contribution >= 0.6 is 0 Å². The largest absolute Gasteiger partial charge is 0.327 e. The van der Waals surface area contributed by atoms with Crippen LogP contribution in [0.2, 0.25) is 0 Å². The summed E-state index contributed by atoms with van der Waals surface area (Å²) in [7, 11) is 1.72. The molecule has 0 radical (unpaired) electrons. The molecule has 1 aliphatic rings. The van der Waals surface area contributed by atoms with Crippen molar-refractivity contribution in [3.05, 3.63) is 0 Å². The third-order valence-corrected chi connectivity index (χ3v) is 6.91. The topological polar surface area (TPSA) is 3.24 Å².